The Morgan fingerprint density at radius 1 is 1.26 bits per heavy atom. The lowest BCUT2D eigenvalue weighted by Gasteiger charge is -2.47. The van der Waals surface area contributed by atoms with E-state index in [1.54, 1.807) is 0 Å². The predicted molar refractivity (Wildman–Crippen MR) is 119 cm³/mol. The number of rotatable bonds is 11. The average Bonchev–Trinajstić information content (AvgIpc) is 3.34. The Hall–Kier alpha value is -1.74. The van der Waals surface area contributed by atoms with Crippen molar-refractivity contribution in [2.75, 3.05) is 13.2 Å². The molecule has 0 amide bonds. The van der Waals surface area contributed by atoms with Gasteiger partial charge in [0.15, 0.2) is 0 Å². The van der Waals surface area contributed by atoms with Crippen LogP contribution in [0.4, 0.5) is 0 Å². The molecule has 3 rings (SSSR count). The first-order chi connectivity index (χ1) is 14.8. The van der Waals surface area contributed by atoms with Gasteiger partial charge in [-0.15, -0.1) is 0 Å². The molecule has 9 nitrogen and oxygen atoms in total. The normalized spacial score (nSPS) is 34.0. The number of hydrazone groups is 1. The van der Waals surface area contributed by atoms with Crippen molar-refractivity contribution in [3.05, 3.63) is 0 Å². The molecule has 1 saturated carbocycles. The molecule has 3 aliphatic rings. The number of carbonyl (C=O) groups is 2. The third-order valence-electron chi connectivity index (χ3n) is 7.06. The molecule has 2 heterocycles. The molecular formula is C20H34B2N5O4. The number of hydrogen-bond donors (Lipinski definition) is 4. The van der Waals surface area contributed by atoms with Crippen LogP contribution in [0.25, 0.3) is 0 Å². The minimum Gasteiger partial charge on any atom is -0.466 e. The van der Waals surface area contributed by atoms with E-state index >= 15 is 0 Å². The fourth-order valence-corrected chi connectivity index (χ4v) is 5.38. The zero-order valence-corrected chi connectivity index (χ0v) is 18.4. The number of unbranched alkanes of at least 4 members (excludes halogenated alkanes) is 2. The molecule has 0 aromatic carbocycles. The van der Waals surface area contributed by atoms with Crippen molar-refractivity contribution in [3.63, 3.8) is 0 Å². The third kappa shape index (κ3) is 5.74. The van der Waals surface area contributed by atoms with E-state index in [0.29, 0.717) is 37.3 Å². The molecule has 0 aromatic heterocycles. The zero-order valence-electron chi connectivity index (χ0n) is 18.4. The molecule has 6 N–H and O–H groups in total. The lowest BCUT2D eigenvalue weighted by molar-refractivity contribution is -0.148. The van der Waals surface area contributed by atoms with Crippen molar-refractivity contribution in [2.45, 2.75) is 81.4 Å². The summed E-state index contributed by atoms with van der Waals surface area (Å²) in [7, 11) is 8.78. The zero-order chi connectivity index (χ0) is 22.5. The van der Waals surface area contributed by atoms with Gasteiger partial charge in [-0.05, 0) is 55.7 Å². The first-order valence-electron chi connectivity index (χ1n) is 11.3. The number of carbonyl (C=O) groups excluding carboxylic acids is 2. The second-order valence-electron chi connectivity index (χ2n) is 9.16. The third-order valence-corrected chi connectivity index (χ3v) is 7.06. The van der Waals surface area contributed by atoms with E-state index in [1.165, 1.54) is 6.92 Å². The summed E-state index contributed by atoms with van der Waals surface area (Å²) in [6.07, 6.45) is 7.90. The highest BCUT2D eigenvalue weighted by Crippen LogP contribution is 2.69. The van der Waals surface area contributed by atoms with E-state index in [-0.39, 0.29) is 23.3 Å². The highest BCUT2D eigenvalue weighted by Gasteiger charge is 2.71. The number of amidine groups is 1. The molecule has 169 valence electrons. The van der Waals surface area contributed by atoms with Crippen molar-refractivity contribution in [1.82, 2.24) is 10.9 Å². The number of piperidine rings is 1. The van der Waals surface area contributed by atoms with Crippen molar-refractivity contribution in [3.8, 4) is 0 Å². The Kier molecular flexibility index (Phi) is 7.91. The van der Waals surface area contributed by atoms with Gasteiger partial charge in [-0.3, -0.25) is 9.59 Å². The summed E-state index contributed by atoms with van der Waals surface area (Å²) in [5.74, 6) is 6.09. The van der Waals surface area contributed by atoms with E-state index in [1.807, 2.05) is 0 Å². The number of nitrogens with two attached hydrogens (primary N) is 2. The van der Waals surface area contributed by atoms with Crippen LogP contribution in [0, 0.1) is 11.8 Å². The molecule has 1 spiro atoms. The van der Waals surface area contributed by atoms with Gasteiger partial charge in [-0.1, -0.05) is 18.2 Å². The number of esters is 2. The summed E-state index contributed by atoms with van der Waals surface area (Å²) < 4.78 is 10.4. The summed E-state index contributed by atoms with van der Waals surface area (Å²) in [6.45, 7) is 2.17. The molecule has 11 heteroatoms. The fourth-order valence-electron chi connectivity index (χ4n) is 5.38. The minimum absolute atomic E-state index is 0.00452. The first kappa shape index (κ1) is 23.9. The summed E-state index contributed by atoms with van der Waals surface area (Å²) in [5.41, 5.74) is 8.07. The van der Waals surface area contributed by atoms with Crippen molar-refractivity contribution < 1.29 is 19.1 Å². The van der Waals surface area contributed by atoms with Gasteiger partial charge < -0.3 is 20.5 Å². The van der Waals surface area contributed by atoms with E-state index in [9.17, 15) is 9.59 Å². The summed E-state index contributed by atoms with van der Waals surface area (Å²) in [4.78, 5) is 23.4. The van der Waals surface area contributed by atoms with Crippen LogP contribution in [0.15, 0.2) is 5.10 Å². The summed E-state index contributed by atoms with van der Waals surface area (Å²) in [6, 6.07) is -0.380. The maximum Gasteiger partial charge on any atom is 0.323 e. The van der Waals surface area contributed by atoms with E-state index in [4.69, 9.17) is 28.9 Å². The van der Waals surface area contributed by atoms with Crippen LogP contribution in [0.2, 0.25) is 5.31 Å². The molecule has 3 fully saturated rings. The first-order valence-corrected chi connectivity index (χ1v) is 11.3. The van der Waals surface area contributed by atoms with E-state index in [2.05, 4.69) is 23.2 Å². The van der Waals surface area contributed by atoms with Crippen LogP contribution >= 0.6 is 0 Å². The predicted octanol–water partition coefficient (Wildman–Crippen LogP) is 0.256. The molecule has 2 aliphatic heterocycles. The Bertz CT molecular complexity index is 696. The second kappa shape index (κ2) is 10.3. The Labute approximate surface area is 186 Å². The van der Waals surface area contributed by atoms with Crippen LogP contribution in [0.3, 0.4) is 0 Å². The Morgan fingerprint density at radius 2 is 2.00 bits per heavy atom. The van der Waals surface area contributed by atoms with Crippen LogP contribution < -0.4 is 22.4 Å². The van der Waals surface area contributed by atoms with Gasteiger partial charge in [-0.25, -0.2) is 11.4 Å². The SMILES string of the molecule is [B]C12[B]C13CCC(CC/C(N)=N/NN)CC3CC(C(=O)OCCCCCOC(C)=O)N2. The summed E-state index contributed by atoms with van der Waals surface area (Å²) in [5, 5.41) is 6.59. The molecule has 0 aromatic rings. The molecule has 31 heavy (non-hydrogen) atoms. The standard InChI is InChI=1S/C20H34B2N5O4/c1-13(28)30-9-3-2-4-10-31-18(29)16-12-15-11-14(5-6-17(23)26-27-24)7-8-19(15)20(21,22-19)25-16/h14-16,25,27H,2-12,24H2,1H3,(H2,23,26). The van der Waals surface area contributed by atoms with E-state index in [0.717, 1.165) is 51.4 Å². The molecule has 5 unspecified atom stereocenters. The van der Waals surface area contributed by atoms with Crippen molar-refractivity contribution >= 4 is 32.9 Å². The molecule has 3 radical (unpaired) electrons. The van der Waals surface area contributed by atoms with Gasteiger partial charge in [0.05, 0.1) is 21.1 Å². The van der Waals surface area contributed by atoms with Gasteiger partial charge in [-0.2, -0.15) is 5.10 Å². The minimum atomic E-state index is -0.571. The summed E-state index contributed by atoms with van der Waals surface area (Å²) >= 11 is 0. The number of nitrogens with one attached hydrogen (secondary N) is 2. The van der Waals surface area contributed by atoms with Crippen molar-refractivity contribution in [1.29, 1.82) is 0 Å². The van der Waals surface area contributed by atoms with Crippen LogP contribution in [0.1, 0.15) is 64.7 Å². The highest BCUT2D eigenvalue weighted by atomic mass is 16.5. The average molecular weight is 430 g/mol. The topological polar surface area (TPSA) is 141 Å². The van der Waals surface area contributed by atoms with Gasteiger partial charge in [0.1, 0.15) is 19.2 Å². The maximum atomic E-state index is 12.6. The number of hydrazine groups is 1. The Morgan fingerprint density at radius 3 is 2.71 bits per heavy atom. The van der Waals surface area contributed by atoms with Gasteiger partial charge in [0, 0.05) is 13.3 Å². The number of hydrogen-bond acceptors (Lipinski definition) is 8. The lowest BCUT2D eigenvalue weighted by Crippen LogP contribution is -2.55. The van der Waals surface area contributed by atoms with Gasteiger partial charge in [0.2, 0.25) is 0 Å². The molecular weight excluding hydrogens is 396 g/mol. The largest absolute Gasteiger partial charge is 0.466 e. The molecule has 2 saturated heterocycles. The van der Waals surface area contributed by atoms with Crippen LogP contribution in [0.5, 0.6) is 0 Å². The Balaban J connectivity index is 1.43. The number of nitrogens with zero attached hydrogens (tertiary/aromatic N) is 1. The maximum absolute atomic E-state index is 12.6. The fraction of sp³-hybridized carbons (Fsp3) is 0.850. The van der Waals surface area contributed by atoms with Crippen LogP contribution in [-0.4, -0.2) is 57.5 Å². The van der Waals surface area contributed by atoms with Crippen molar-refractivity contribution in [2.24, 2.45) is 28.5 Å². The number of ether oxygens (including phenoxy) is 2. The lowest BCUT2D eigenvalue weighted by atomic mass is 9.60. The highest BCUT2D eigenvalue weighted by molar-refractivity contribution is 6.72. The monoisotopic (exact) mass is 430 g/mol. The van der Waals surface area contributed by atoms with E-state index < -0.39 is 5.34 Å². The smallest absolute Gasteiger partial charge is 0.323 e. The quantitative estimate of drug-likeness (QED) is 0.0696. The molecule has 1 aliphatic carbocycles. The molecule has 5 atom stereocenters. The van der Waals surface area contributed by atoms with Gasteiger partial charge in [0.25, 0.3) is 0 Å². The van der Waals surface area contributed by atoms with Gasteiger partial charge >= 0.3 is 11.9 Å². The second-order valence-corrected chi connectivity index (χ2v) is 9.16. The van der Waals surface area contributed by atoms with Crippen LogP contribution in [-0.2, 0) is 19.1 Å². The molecule has 0 bridgehead atoms.